The summed E-state index contributed by atoms with van der Waals surface area (Å²) in [5.74, 6) is 0. The van der Waals surface area contributed by atoms with Crippen LogP contribution in [0.15, 0.2) is 23.4 Å². The van der Waals surface area contributed by atoms with Crippen LogP contribution in [0.4, 0.5) is 0 Å². The molecule has 0 amide bonds. The van der Waals surface area contributed by atoms with Crippen molar-refractivity contribution in [2.45, 2.75) is 25.5 Å². The van der Waals surface area contributed by atoms with Gasteiger partial charge in [-0.1, -0.05) is 0 Å². The summed E-state index contributed by atoms with van der Waals surface area (Å²) in [5, 5.41) is 7.51. The molecule has 7 heteroatoms. The van der Waals surface area contributed by atoms with E-state index in [1.165, 1.54) is 9.08 Å². The van der Waals surface area contributed by atoms with Crippen molar-refractivity contribution in [3.8, 4) is 0 Å². The minimum atomic E-state index is -0.128. The van der Waals surface area contributed by atoms with E-state index >= 15 is 0 Å². The Kier molecular flexibility index (Phi) is 3.56. The number of hydrogen-bond donors (Lipinski definition) is 1. The van der Waals surface area contributed by atoms with Crippen LogP contribution >= 0.6 is 0 Å². The highest BCUT2D eigenvalue weighted by atomic mass is 16.5. The van der Waals surface area contributed by atoms with E-state index in [2.05, 4.69) is 15.4 Å². The Morgan fingerprint density at radius 2 is 2.47 bits per heavy atom. The van der Waals surface area contributed by atoms with Gasteiger partial charge in [0.05, 0.1) is 18.8 Å². The number of ether oxygens (including phenoxy) is 1. The molecule has 1 N–H and O–H groups in total. The van der Waals surface area contributed by atoms with E-state index < -0.39 is 0 Å². The topological polar surface area (TPSA) is 73.5 Å². The number of rotatable bonds is 5. The molecule has 3 rings (SSSR count). The largest absolute Gasteiger partial charge is 0.377 e. The highest BCUT2D eigenvalue weighted by molar-refractivity contribution is 5.31. The van der Waals surface area contributed by atoms with Crippen LogP contribution in [-0.4, -0.2) is 45.0 Å². The summed E-state index contributed by atoms with van der Waals surface area (Å²) in [6, 6.07) is 0. The van der Waals surface area contributed by atoms with Crippen molar-refractivity contribution in [3.05, 3.63) is 29.1 Å². The van der Waals surface area contributed by atoms with E-state index in [-0.39, 0.29) is 5.69 Å². The van der Waals surface area contributed by atoms with Gasteiger partial charge in [-0.15, -0.1) is 5.10 Å². The Hall–Kier alpha value is -1.73. The van der Waals surface area contributed by atoms with Crippen molar-refractivity contribution in [1.82, 2.24) is 24.5 Å². The highest BCUT2D eigenvalue weighted by Gasteiger charge is 2.14. The zero-order valence-electron chi connectivity index (χ0n) is 10.7. The van der Waals surface area contributed by atoms with Crippen molar-refractivity contribution in [3.63, 3.8) is 0 Å². The maximum atomic E-state index is 12.0. The average molecular weight is 263 g/mol. The average Bonchev–Trinajstić information content (AvgIpc) is 3.04. The Morgan fingerprint density at radius 3 is 3.26 bits per heavy atom. The molecule has 0 aromatic carbocycles. The second-order valence-corrected chi connectivity index (χ2v) is 4.65. The maximum Gasteiger partial charge on any atom is 0.350 e. The molecular formula is C12H17N5O2. The Labute approximate surface area is 110 Å². The minimum absolute atomic E-state index is 0.128. The summed E-state index contributed by atoms with van der Waals surface area (Å²) in [6.45, 7) is 2.96. The molecule has 102 valence electrons. The summed E-state index contributed by atoms with van der Waals surface area (Å²) in [5.41, 5.74) is 0.447. The van der Waals surface area contributed by atoms with Crippen molar-refractivity contribution in [2.24, 2.45) is 0 Å². The molecule has 0 saturated carbocycles. The lowest BCUT2D eigenvalue weighted by atomic mass is 10.2. The van der Waals surface area contributed by atoms with E-state index in [0.29, 0.717) is 24.8 Å². The van der Waals surface area contributed by atoms with Crippen LogP contribution in [-0.2, 0) is 11.3 Å². The van der Waals surface area contributed by atoms with Gasteiger partial charge in [0.25, 0.3) is 0 Å². The SMILES string of the molecule is O=c1n(CCNCC2CCCO2)nc2cnccn12. The van der Waals surface area contributed by atoms with Crippen LogP contribution in [0.1, 0.15) is 12.8 Å². The molecule has 2 aromatic rings. The number of nitrogens with zero attached hydrogens (tertiary/aromatic N) is 4. The molecule has 1 aliphatic heterocycles. The van der Waals surface area contributed by atoms with Gasteiger partial charge in [0.15, 0.2) is 5.65 Å². The normalized spacial score (nSPS) is 19.3. The molecule has 1 saturated heterocycles. The van der Waals surface area contributed by atoms with Gasteiger partial charge in [-0.3, -0.25) is 4.98 Å². The Bertz CT molecular complexity index is 599. The lowest BCUT2D eigenvalue weighted by Gasteiger charge is -2.09. The van der Waals surface area contributed by atoms with Crippen LogP contribution in [0.2, 0.25) is 0 Å². The first kappa shape index (κ1) is 12.3. The van der Waals surface area contributed by atoms with E-state index in [1.807, 2.05) is 0 Å². The predicted octanol–water partition coefficient (Wildman–Crippen LogP) is -0.340. The third-order valence-electron chi connectivity index (χ3n) is 3.29. The number of hydrogen-bond acceptors (Lipinski definition) is 5. The second-order valence-electron chi connectivity index (χ2n) is 4.65. The zero-order chi connectivity index (χ0) is 13.1. The molecule has 19 heavy (non-hydrogen) atoms. The Morgan fingerprint density at radius 1 is 1.53 bits per heavy atom. The summed E-state index contributed by atoms with van der Waals surface area (Å²) < 4.78 is 8.47. The highest BCUT2D eigenvalue weighted by Crippen LogP contribution is 2.10. The van der Waals surface area contributed by atoms with Gasteiger partial charge in [0.1, 0.15) is 0 Å². The number of nitrogens with one attached hydrogen (secondary N) is 1. The molecule has 0 bridgehead atoms. The van der Waals surface area contributed by atoms with E-state index in [4.69, 9.17) is 4.74 Å². The summed E-state index contributed by atoms with van der Waals surface area (Å²) in [7, 11) is 0. The van der Waals surface area contributed by atoms with Gasteiger partial charge in [-0.25, -0.2) is 13.9 Å². The van der Waals surface area contributed by atoms with E-state index in [0.717, 1.165) is 26.0 Å². The first-order chi connectivity index (χ1) is 9.34. The molecular weight excluding hydrogens is 246 g/mol. The van der Waals surface area contributed by atoms with Crippen LogP contribution in [0.3, 0.4) is 0 Å². The van der Waals surface area contributed by atoms with Gasteiger partial charge in [0.2, 0.25) is 0 Å². The minimum Gasteiger partial charge on any atom is -0.377 e. The standard InChI is InChI=1S/C12H17N5O2/c18-12-16-5-3-14-9-11(16)15-17(12)6-4-13-8-10-2-1-7-19-10/h3,5,9-10,13H,1-2,4,6-8H2. The maximum absolute atomic E-state index is 12.0. The molecule has 0 aliphatic carbocycles. The molecule has 1 unspecified atom stereocenters. The lowest BCUT2D eigenvalue weighted by Crippen LogP contribution is -2.32. The summed E-state index contributed by atoms with van der Waals surface area (Å²) in [6.07, 6.45) is 7.37. The summed E-state index contributed by atoms with van der Waals surface area (Å²) >= 11 is 0. The first-order valence-corrected chi connectivity index (χ1v) is 6.56. The fourth-order valence-electron chi connectivity index (χ4n) is 2.28. The molecule has 1 aliphatic rings. The summed E-state index contributed by atoms with van der Waals surface area (Å²) in [4.78, 5) is 15.9. The number of fused-ring (bicyclic) bond motifs is 1. The van der Waals surface area contributed by atoms with Gasteiger partial charge in [-0.2, -0.15) is 0 Å². The van der Waals surface area contributed by atoms with Crippen LogP contribution in [0, 0.1) is 0 Å². The van der Waals surface area contributed by atoms with Crippen molar-refractivity contribution >= 4 is 5.65 Å². The lowest BCUT2D eigenvalue weighted by molar-refractivity contribution is 0.110. The predicted molar refractivity (Wildman–Crippen MR) is 69.1 cm³/mol. The van der Waals surface area contributed by atoms with E-state index in [1.54, 1.807) is 18.6 Å². The molecule has 1 fully saturated rings. The second kappa shape index (κ2) is 5.50. The van der Waals surface area contributed by atoms with Gasteiger partial charge in [-0.05, 0) is 12.8 Å². The van der Waals surface area contributed by atoms with Gasteiger partial charge in [0, 0.05) is 32.1 Å². The molecule has 1 atom stereocenters. The van der Waals surface area contributed by atoms with E-state index in [9.17, 15) is 4.79 Å². The molecule has 7 nitrogen and oxygen atoms in total. The van der Waals surface area contributed by atoms with Crippen LogP contribution in [0.5, 0.6) is 0 Å². The molecule has 0 spiro atoms. The third-order valence-corrected chi connectivity index (χ3v) is 3.29. The number of aromatic nitrogens is 4. The molecule has 2 aromatic heterocycles. The Balaban J connectivity index is 1.56. The first-order valence-electron chi connectivity index (χ1n) is 6.56. The van der Waals surface area contributed by atoms with Crippen molar-refractivity contribution < 1.29 is 4.74 Å². The monoisotopic (exact) mass is 263 g/mol. The zero-order valence-corrected chi connectivity index (χ0v) is 10.7. The van der Waals surface area contributed by atoms with Gasteiger partial charge >= 0.3 is 5.69 Å². The van der Waals surface area contributed by atoms with Gasteiger partial charge < -0.3 is 10.1 Å². The van der Waals surface area contributed by atoms with Crippen LogP contribution in [0.25, 0.3) is 5.65 Å². The molecule has 0 radical (unpaired) electrons. The van der Waals surface area contributed by atoms with Crippen molar-refractivity contribution in [2.75, 3.05) is 19.7 Å². The quantitative estimate of drug-likeness (QED) is 0.747. The smallest absolute Gasteiger partial charge is 0.350 e. The van der Waals surface area contributed by atoms with Crippen LogP contribution < -0.4 is 11.0 Å². The molecule has 3 heterocycles. The third kappa shape index (κ3) is 2.66. The fourth-order valence-corrected chi connectivity index (χ4v) is 2.28. The van der Waals surface area contributed by atoms with Crippen molar-refractivity contribution in [1.29, 1.82) is 0 Å². The fraction of sp³-hybridized carbons (Fsp3) is 0.583.